The summed E-state index contributed by atoms with van der Waals surface area (Å²) in [7, 11) is 1.77. The molecule has 3 fully saturated rings. The molecule has 1 aromatic carbocycles. The highest BCUT2D eigenvalue weighted by atomic mass is 19.4. The van der Waals surface area contributed by atoms with Crippen molar-refractivity contribution in [3.05, 3.63) is 35.4 Å². The van der Waals surface area contributed by atoms with Crippen LogP contribution in [-0.4, -0.2) is 50.8 Å². The van der Waals surface area contributed by atoms with Gasteiger partial charge >= 0.3 is 6.18 Å². The summed E-state index contributed by atoms with van der Waals surface area (Å²) >= 11 is 0. The Morgan fingerprint density at radius 1 is 1.26 bits per heavy atom. The minimum absolute atomic E-state index is 0.217. The van der Waals surface area contributed by atoms with Gasteiger partial charge < -0.3 is 15.0 Å². The lowest BCUT2D eigenvalue weighted by molar-refractivity contribution is -0.137. The van der Waals surface area contributed by atoms with Gasteiger partial charge in [-0.1, -0.05) is 18.2 Å². The number of hydrogen-bond donors (Lipinski definition) is 1. The molecule has 27 heavy (non-hydrogen) atoms. The topological polar surface area (TPSA) is 36.9 Å². The van der Waals surface area contributed by atoms with E-state index < -0.39 is 11.7 Å². The van der Waals surface area contributed by atoms with Gasteiger partial charge in [-0.25, -0.2) is 0 Å². The van der Waals surface area contributed by atoms with Crippen molar-refractivity contribution in [3.8, 4) is 0 Å². The summed E-state index contributed by atoms with van der Waals surface area (Å²) in [5.74, 6) is 0.844. The van der Waals surface area contributed by atoms with Gasteiger partial charge in [-0.2, -0.15) is 13.2 Å². The van der Waals surface area contributed by atoms with E-state index in [0.29, 0.717) is 6.54 Å². The van der Waals surface area contributed by atoms with Crippen molar-refractivity contribution < 1.29 is 17.9 Å². The number of rotatable bonds is 3. The maximum atomic E-state index is 13.0. The van der Waals surface area contributed by atoms with Crippen LogP contribution in [0.1, 0.15) is 36.8 Å². The number of halogens is 3. The Hall–Kier alpha value is -1.76. The molecule has 0 aromatic heterocycles. The number of nitrogens with one attached hydrogen (secondary N) is 1. The molecule has 1 aliphatic carbocycles. The van der Waals surface area contributed by atoms with Crippen LogP contribution in [0.4, 0.5) is 13.2 Å². The van der Waals surface area contributed by atoms with Crippen LogP contribution >= 0.6 is 0 Å². The van der Waals surface area contributed by atoms with E-state index in [0.717, 1.165) is 69.6 Å². The molecule has 0 amide bonds. The third-order valence-corrected chi connectivity index (χ3v) is 6.38. The van der Waals surface area contributed by atoms with Crippen molar-refractivity contribution in [2.45, 2.75) is 37.3 Å². The van der Waals surface area contributed by atoms with Crippen LogP contribution in [-0.2, 0) is 16.3 Å². The molecule has 2 aliphatic heterocycles. The molecule has 0 bridgehead atoms. The quantitative estimate of drug-likeness (QED) is 0.644. The Bertz CT molecular complexity index is 721. The standard InChI is InChI=1S/C20H26F3N3O/c1-24-17(26-9-7-18(13-26)8-10-27-14-18)25-12-19(5-6-19)15-3-2-4-16(11-15)20(21,22)23/h2-4,11H,5-10,12-14H2,1H3,(H,24,25). The normalized spacial score (nSPS) is 27.4. The molecule has 1 spiro atoms. The molecule has 148 valence electrons. The molecular weight excluding hydrogens is 355 g/mol. The Morgan fingerprint density at radius 3 is 2.70 bits per heavy atom. The lowest BCUT2D eigenvalue weighted by Crippen LogP contribution is -2.44. The SMILES string of the molecule is CN=C(NCC1(c2cccc(C(F)(F)F)c2)CC1)N1CCC2(CCOC2)C1. The maximum absolute atomic E-state index is 13.0. The summed E-state index contributed by atoms with van der Waals surface area (Å²) in [6.45, 7) is 4.14. The van der Waals surface area contributed by atoms with Gasteiger partial charge in [-0.15, -0.1) is 0 Å². The molecule has 1 atom stereocenters. The van der Waals surface area contributed by atoms with Gasteiger partial charge in [0.2, 0.25) is 0 Å². The van der Waals surface area contributed by atoms with Crippen molar-refractivity contribution in [1.82, 2.24) is 10.2 Å². The number of likely N-dealkylation sites (tertiary alicyclic amines) is 1. The molecule has 7 heteroatoms. The van der Waals surface area contributed by atoms with Crippen LogP contribution in [0.15, 0.2) is 29.3 Å². The van der Waals surface area contributed by atoms with Gasteiger partial charge in [0.15, 0.2) is 5.96 Å². The Labute approximate surface area is 157 Å². The fourth-order valence-electron chi connectivity index (χ4n) is 4.41. The third kappa shape index (κ3) is 3.66. The summed E-state index contributed by atoms with van der Waals surface area (Å²) in [6.07, 6.45) is -0.309. The third-order valence-electron chi connectivity index (χ3n) is 6.38. The predicted molar refractivity (Wildman–Crippen MR) is 97.8 cm³/mol. The second-order valence-corrected chi connectivity index (χ2v) is 8.23. The smallest absolute Gasteiger partial charge is 0.381 e. The van der Waals surface area contributed by atoms with E-state index in [2.05, 4.69) is 15.2 Å². The summed E-state index contributed by atoms with van der Waals surface area (Å²) in [5.41, 5.74) is 0.224. The lowest BCUT2D eigenvalue weighted by Gasteiger charge is -2.27. The number of hydrogen-bond acceptors (Lipinski definition) is 2. The number of alkyl halides is 3. The van der Waals surface area contributed by atoms with Crippen LogP contribution < -0.4 is 5.32 Å². The van der Waals surface area contributed by atoms with Gasteiger partial charge in [0.1, 0.15) is 0 Å². The minimum Gasteiger partial charge on any atom is -0.381 e. The van der Waals surface area contributed by atoms with E-state index in [-0.39, 0.29) is 10.8 Å². The zero-order valence-corrected chi connectivity index (χ0v) is 15.6. The summed E-state index contributed by atoms with van der Waals surface area (Å²) < 4.78 is 44.7. The highest BCUT2D eigenvalue weighted by molar-refractivity contribution is 5.80. The molecule has 1 N–H and O–H groups in total. The van der Waals surface area contributed by atoms with Crippen LogP contribution in [0.3, 0.4) is 0 Å². The number of nitrogens with zero attached hydrogens (tertiary/aromatic N) is 2. The zero-order chi connectivity index (χ0) is 19.1. The number of guanidine groups is 1. The van der Waals surface area contributed by atoms with Crippen molar-refractivity contribution in [2.24, 2.45) is 10.4 Å². The molecule has 4 rings (SSSR count). The lowest BCUT2D eigenvalue weighted by atomic mass is 9.87. The molecule has 2 heterocycles. The summed E-state index contributed by atoms with van der Waals surface area (Å²) in [5, 5.41) is 3.43. The van der Waals surface area contributed by atoms with Gasteiger partial charge in [0.05, 0.1) is 12.2 Å². The second-order valence-electron chi connectivity index (χ2n) is 8.23. The van der Waals surface area contributed by atoms with Crippen LogP contribution in [0.5, 0.6) is 0 Å². The first-order valence-electron chi connectivity index (χ1n) is 9.57. The van der Waals surface area contributed by atoms with Crippen LogP contribution in [0.25, 0.3) is 0 Å². The average molecular weight is 381 g/mol. The highest BCUT2D eigenvalue weighted by Gasteiger charge is 2.46. The summed E-state index contributed by atoms with van der Waals surface area (Å²) in [6, 6.07) is 5.77. The van der Waals surface area contributed by atoms with E-state index in [9.17, 15) is 13.2 Å². The summed E-state index contributed by atoms with van der Waals surface area (Å²) in [4.78, 5) is 6.68. The van der Waals surface area contributed by atoms with E-state index >= 15 is 0 Å². The Balaban J connectivity index is 1.42. The van der Waals surface area contributed by atoms with Crippen molar-refractivity contribution in [1.29, 1.82) is 0 Å². The first kappa shape index (κ1) is 18.6. The first-order chi connectivity index (χ1) is 12.9. The molecule has 4 nitrogen and oxygen atoms in total. The van der Waals surface area contributed by atoms with Gasteiger partial charge in [0.25, 0.3) is 0 Å². The van der Waals surface area contributed by atoms with Crippen LogP contribution in [0.2, 0.25) is 0 Å². The largest absolute Gasteiger partial charge is 0.416 e. The number of ether oxygens (including phenoxy) is 1. The molecule has 0 radical (unpaired) electrons. The Morgan fingerprint density at radius 2 is 2.07 bits per heavy atom. The van der Waals surface area contributed by atoms with Crippen molar-refractivity contribution >= 4 is 5.96 Å². The van der Waals surface area contributed by atoms with E-state index in [1.54, 1.807) is 7.05 Å². The molecule has 3 aliphatic rings. The zero-order valence-electron chi connectivity index (χ0n) is 15.6. The molecule has 1 aromatic rings. The van der Waals surface area contributed by atoms with Gasteiger partial charge in [-0.05, 0) is 37.3 Å². The highest BCUT2D eigenvalue weighted by Crippen LogP contribution is 2.48. The predicted octanol–water partition coefficient (Wildman–Crippen LogP) is 3.42. The number of aliphatic imine (C=N–C) groups is 1. The van der Waals surface area contributed by atoms with Gasteiger partial charge in [-0.3, -0.25) is 4.99 Å². The van der Waals surface area contributed by atoms with Crippen molar-refractivity contribution in [2.75, 3.05) is 39.9 Å². The second kappa shape index (κ2) is 6.69. The average Bonchev–Trinajstić information content (AvgIpc) is 3.12. The fourth-order valence-corrected chi connectivity index (χ4v) is 4.41. The van der Waals surface area contributed by atoms with Gasteiger partial charge in [0, 0.05) is 44.1 Å². The Kier molecular flexibility index (Phi) is 4.61. The van der Waals surface area contributed by atoms with E-state index in [1.165, 1.54) is 12.1 Å². The molecule has 2 saturated heterocycles. The van der Waals surface area contributed by atoms with E-state index in [1.807, 2.05) is 6.07 Å². The van der Waals surface area contributed by atoms with Crippen LogP contribution in [0, 0.1) is 5.41 Å². The maximum Gasteiger partial charge on any atom is 0.416 e. The van der Waals surface area contributed by atoms with E-state index in [4.69, 9.17) is 4.74 Å². The molecule has 1 saturated carbocycles. The number of benzene rings is 1. The van der Waals surface area contributed by atoms with Crippen molar-refractivity contribution in [3.63, 3.8) is 0 Å². The first-order valence-corrected chi connectivity index (χ1v) is 9.57. The minimum atomic E-state index is -4.30. The molecule has 1 unspecified atom stereocenters. The molecular formula is C20H26F3N3O. The monoisotopic (exact) mass is 381 g/mol. The fraction of sp³-hybridized carbons (Fsp3) is 0.650.